The van der Waals surface area contributed by atoms with Crippen molar-refractivity contribution in [2.45, 2.75) is 62.9 Å². The highest BCUT2D eigenvalue weighted by molar-refractivity contribution is 7.80. The fourth-order valence-corrected chi connectivity index (χ4v) is 2.58. The molecule has 0 aliphatic carbocycles. The summed E-state index contributed by atoms with van der Waals surface area (Å²) in [4.78, 5) is 59.1. The molecule has 5 atom stereocenters. The topological polar surface area (TPSA) is 234 Å². The van der Waals surface area contributed by atoms with Crippen LogP contribution in [-0.2, 0) is 24.0 Å². The van der Waals surface area contributed by atoms with Crippen LogP contribution in [0.1, 0.15) is 32.6 Å². The Morgan fingerprint density at radius 1 is 0.935 bits per heavy atom. The monoisotopic (exact) mass is 465 g/mol. The minimum absolute atomic E-state index is 0.0296. The van der Waals surface area contributed by atoms with Crippen molar-refractivity contribution in [3.8, 4) is 0 Å². The first-order chi connectivity index (χ1) is 14.4. The van der Waals surface area contributed by atoms with E-state index in [2.05, 4.69) is 23.3 Å². The number of carbonyl (C=O) groups excluding carboxylic acids is 3. The Morgan fingerprint density at radius 2 is 1.52 bits per heavy atom. The lowest BCUT2D eigenvalue weighted by Gasteiger charge is -2.26. The van der Waals surface area contributed by atoms with Crippen LogP contribution in [-0.4, -0.2) is 87.5 Å². The second kappa shape index (κ2) is 14.6. The van der Waals surface area contributed by atoms with Gasteiger partial charge in [-0.15, -0.1) is 0 Å². The maximum atomic E-state index is 12.7. The van der Waals surface area contributed by atoms with Gasteiger partial charge in [0.2, 0.25) is 17.7 Å². The molecule has 0 rings (SSSR count). The molecular weight excluding hydrogens is 434 g/mol. The van der Waals surface area contributed by atoms with Crippen LogP contribution in [0.4, 0.5) is 0 Å². The summed E-state index contributed by atoms with van der Waals surface area (Å²) in [6.45, 7) is 1.54. The minimum atomic E-state index is -1.77. The van der Waals surface area contributed by atoms with Gasteiger partial charge in [0.1, 0.15) is 18.1 Å². The fraction of sp³-hybridized carbons (Fsp3) is 0.706. The van der Waals surface area contributed by atoms with E-state index in [1.165, 1.54) is 6.92 Å². The fourth-order valence-electron chi connectivity index (χ4n) is 2.42. The number of thiol groups is 1. The molecule has 3 amide bonds. The van der Waals surface area contributed by atoms with Crippen molar-refractivity contribution in [1.82, 2.24) is 16.0 Å². The van der Waals surface area contributed by atoms with Crippen molar-refractivity contribution >= 4 is 42.3 Å². The van der Waals surface area contributed by atoms with Crippen molar-refractivity contribution in [3.05, 3.63) is 0 Å². The van der Waals surface area contributed by atoms with Gasteiger partial charge in [-0.05, 0) is 32.7 Å². The Kier molecular flexibility index (Phi) is 13.4. The summed E-state index contributed by atoms with van der Waals surface area (Å²) in [7, 11) is 0. The van der Waals surface area contributed by atoms with Crippen LogP contribution in [0.5, 0.6) is 0 Å². The van der Waals surface area contributed by atoms with E-state index in [0.717, 1.165) is 0 Å². The standard InChI is InChI=1S/C17H31N5O8S/c1-8(23)13(16(28)21-11(17(29)30)6-12(24)25)22-15(27)10(4-2-3-5-18)20-14(26)9(19)7-31/h8-11,13,23,31H,2-7,18-19H2,1H3,(H,20,26)(H,21,28)(H,22,27)(H,24,25)(H,29,30). The molecule has 0 saturated heterocycles. The molecule has 0 heterocycles. The molecule has 0 aromatic rings. The van der Waals surface area contributed by atoms with Crippen LogP contribution in [0.2, 0.25) is 0 Å². The van der Waals surface area contributed by atoms with E-state index < -0.39 is 66.4 Å². The maximum Gasteiger partial charge on any atom is 0.326 e. The second-order valence-electron chi connectivity index (χ2n) is 6.86. The molecule has 0 bridgehead atoms. The van der Waals surface area contributed by atoms with Crippen LogP contribution in [0.3, 0.4) is 0 Å². The van der Waals surface area contributed by atoms with Crippen LogP contribution >= 0.6 is 12.6 Å². The minimum Gasteiger partial charge on any atom is -0.481 e. The number of aliphatic carboxylic acids is 2. The summed E-state index contributed by atoms with van der Waals surface area (Å²) in [5, 5.41) is 34.4. The number of aliphatic hydroxyl groups excluding tert-OH is 1. The van der Waals surface area contributed by atoms with Crippen molar-refractivity contribution < 1.29 is 39.3 Å². The molecule has 13 nitrogen and oxygen atoms in total. The van der Waals surface area contributed by atoms with E-state index in [0.29, 0.717) is 19.4 Å². The van der Waals surface area contributed by atoms with E-state index in [4.69, 9.17) is 21.7 Å². The largest absolute Gasteiger partial charge is 0.481 e. The molecule has 0 saturated carbocycles. The summed E-state index contributed by atoms with van der Waals surface area (Å²) in [5.74, 6) is -5.60. The summed E-state index contributed by atoms with van der Waals surface area (Å²) in [6, 6.07) is -5.45. The zero-order chi connectivity index (χ0) is 24.1. The van der Waals surface area contributed by atoms with Crippen molar-refractivity contribution in [2.75, 3.05) is 12.3 Å². The first kappa shape index (κ1) is 28.6. The normalized spacial score (nSPS) is 15.6. The van der Waals surface area contributed by atoms with E-state index >= 15 is 0 Å². The SMILES string of the molecule is CC(O)C(NC(=O)C(CCCCN)NC(=O)C(N)CS)C(=O)NC(CC(=O)O)C(=O)O. The number of carboxylic acids is 2. The number of aliphatic hydroxyl groups is 1. The number of rotatable bonds is 15. The molecule has 0 spiro atoms. The van der Waals surface area contributed by atoms with E-state index in [9.17, 15) is 29.1 Å². The summed E-state index contributed by atoms with van der Waals surface area (Å²) in [5.41, 5.74) is 11.0. The lowest BCUT2D eigenvalue weighted by molar-refractivity contribution is -0.148. The Hall–Kier alpha value is -2.42. The molecular formula is C17H31N5O8S. The van der Waals surface area contributed by atoms with Gasteiger partial charge in [0.05, 0.1) is 18.6 Å². The van der Waals surface area contributed by atoms with Crippen molar-refractivity contribution in [2.24, 2.45) is 11.5 Å². The molecule has 0 aromatic carbocycles. The molecule has 31 heavy (non-hydrogen) atoms. The number of carboxylic acid groups (broad SMARTS) is 2. The quantitative estimate of drug-likeness (QED) is 0.0865. The summed E-state index contributed by atoms with van der Waals surface area (Å²) in [6.07, 6.45) is -1.16. The van der Waals surface area contributed by atoms with Gasteiger partial charge in [-0.1, -0.05) is 0 Å². The van der Waals surface area contributed by atoms with Crippen LogP contribution < -0.4 is 27.4 Å². The Bertz CT molecular complexity index is 648. The highest BCUT2D eigenvalue weighted by atomic mass is 32.1. The molecule has 0 aromatic heterocycles. The van der Waals surface area contributed by atoms with Crippen molar-refractivity contribution in [3.63, 3.8) is 0 Å². The third-order valence-electron chi connectivity index (χ3n) is 4.17. The third kappa shape index (κ3) is 11.0. The maximum absolute atomic E-state index is 12.7. The molecule has 0 radical (unpaired) electrons. The summed E-state index contributed by atoms with van der Waals surface area (Å²) < 4.78 is 0. The number of nitrogens with one attached hydrogen (secondary N) is 3. The van der Waals surface area contributed by atoms with Gasteiger partial charge in [0.25, 0.3) is 0 Å². The van der Waals surface area contributed by atoms with E-state index in [1.54, 1.807) is 0 Å². The predicted octanol–water partition coefficient (Wildman–Crippen LogP) is -3.23. The Labute approximate surface area is 184 Å². The lowest BCUT2D eigenvalue weighted by atomic mass is 10.1. The first-order valence-corrected chi connectivity index (χ1v) is 10.2. The number of amides is 3. The van der Waals surface area contributed by atoms with E-state index in [1.807, 2.05) is 5.32 Å². The molecule has 178 valence electrons. The molecule has 5 unspecified atom stereocenters. The Morgan fingerprint density at radius 3 is 1.97 bits per heavy atom. The molecule has 0 fully saturated rings. The number of hydrogen-bond acceptors (Lipinski definition) is 9. The van der Waals surface area contributed by atoms with Crippen LogP contribution in [0, 0.1) is 0 Å². The zero-order valence-electron chi connectivity index (χ0n) is 17.1. The number of nitrogens with two attached hydrogens (primary N) is 2. The van der Waals surface area contributed by atoms with Gasteiger partial charge in [0, 0.05) is 5.75 Å². The molecule has 14 heteroatoms. The average molecular weight is 466 g/mol. The number of hydrogen-bond donors (Lipinski definition) is 9. The zero-order valence-corrected chi connectivity index (χ0v) is 18.0. The highest BCUT2D eigenvalue weighted by Gasteiger charge is 2.33. The van der Waals surface area contributed by atoms with Gasteiger partial charge >= 0.3 is 11.9 Å². The van der Waals surface area contributed by atoms with Gasteiger partial charge in [-0.3, -0.25) is 19.2 Å². The van der Waals surface area contributed by atoms with Gasteiger partial charge in [-0.2, -0.15) is 12.6 Å². The lowest BCUT2D eigenvalue weighted by Crippen LogP contribution is -2.60. The van der Waals surface area contributed by atoms with Crippen LogP contribution in [0.25, 0.3) is 0 Å². The van der Waals surface area contributed by atoms with E-state index in [-0.39, 0.29) is 12.2 Å². The highest BCUT2D eigenvalue weighted by Crippen LogP contribution is 2.05. The first-order valence-electron chi connectivity index (χ1n) is 9.54. The third-order valence-corrected chi connectivity index (χ3v) is 4.56. The van der Waals surface area contributed by atoms with Crippen LogP contribution in [0.15, 0.2) is 0 Å². The predicted molar refractivity (Wildman–Crippen MR) is 112 cm³/mol. The molecule has 0 aliphatic rings. The smallest absolute Gasteiger partial charge is 0.326 e. The van der Waals surface area contributed by atoms with Gasteiger partial charge in [0.15, 0.2) is 0 Å². The average Bonchev–Trinajstić information content (AvgIpc) is 2.68. The second-order valence-corrected chi connectivity index (χ2v) is 7.22. The summed E-state index contributed by atoms with van der Waals surface area (Å²) >= 11 is 3.92. The van der Waals surface area contributed by atoms with Gasteiger partial charge < -0.3 is 42.7 Å². The molecule has 10 N–H and O–H groups in total. The Balaban J connectivity index is 5.38. The van der Waals surface area contributed by atoms with Gasteiger partial charge in [-0.25, -0.2) is 4.79 Å². The number of unbranched alkanes of at least 4 members (excludes halogenated alkanes) is 1. The number of carbonyl (C=O) groups is 5. The molecule has 0 aliphatic heterocycles. The van der Waals surface area contributed by atoms with Crippen molar-refractivity contribution in [1.29, 1.82) is 0 Å².